The van der Waals surface area contributed by atoms with E-state index in [1.54, 1.807) is 33.9 Å². The van der Waals surface area contributed by atoms with Crippen LogP contribution >= 0.6 is 0 Å². The van der Waals surface area contributed by atoms with Crippen LogP contribution in [0.5, 0.6) is 0 Å². The topological polar surface area (TPSA) is 94.2 Å². The van der Waals surface area contributed by atoms with E-state index in [9.17, 15) is 0 Å². The number of rotatable bonds is 12. The summed E-state index contributed by atoms with van der Waals surface area (Å²) in [5.74, 6) is 1.63. The highest BCUT2D eigenvalue weighted by molar-refractivity contribution is 5.81. The molecule has 2 unspecified atom stereocenters. The molecule has 1 aliphatic rings. The number of benzene rings is 1. The van der Waals surface area contributed by atoms with Crippen molar-refractivity contribution in [2.24, 2.45) is 5.92 Å². The summed E-state index contributed by atoms with van der Waals surface area (Å²) in [5.41, 5.74) is 4.52. The second-order valence-corrected chi connectivity index (χ2v) is 8.96. The minimum Gasteiger partial charge on any atom is -0.505 e. The van der Waals surface area contributed by atoms with Gasteiger partial charge in [-0.1, -0.05) is 6.08 Å². The van der Waals surface area contributed by atoms with Gasteiger partial charge < -0.3 is 19.5 Å². The van der Waals surface area contributed by atoms with Crippen LogP contribution in [0, 0.1) is 5.92 Å². The molecular formula is C28H35N5O3. The monoisotopic (exact) mass is 489 g/mol. The molecule has 0 fully saturated rings. The molecule has 0 aliphatic heterocycles. The molecule has 0 radical (unpaired) electrons. The molecule has 2 aromatic heterocycles. The Hall–Kier alpha value is -3.81. The smallest absolute Gasteiger partial charge is 0.130 e. The lowest BCUT2D eigenvalue weighted by Gasteiger charge is -2.25. The summed E-state index contributed by atoms with van der Waals surface area (Å²) in [6.07, 6.45) is 19.4. The molecule has 190 valence electrons. The number of aromatic amines is 1. The van der Waals surface area contributed by atoms with E-state index >= 15 is 0 Å². The molecule has 36 heavy (non-hydrogen) atoms. The van der Waals surface area contributed by atoms with Gasteiger partial charge in [-0.3, -0.25) is 5.10 Å². The lowest BCUT2D eigenvalue weighted by atomic mass is 9.90. The maximum Gasteiger partial charge on any atom is 0.130 e. The highest BCUT2D eigenvalue weighted by atomic mass is 16.5. The Balaban J connectivity index is 1.54. The molecule has 2 N–H and O–H groups in total. The molecule has 0 saturated carbocycles. The molecular weight excluding hydrogens is 454 g/mol. The van der Waals surface area contributed by atoms with Crippen LogP contribution in [0.4, 0.5) is 5.69 Å². The van der Waals surface area contributed by atoms with Gasteiger partial charge in [0.05, 0.1) is 45.3 Å². The molecule has 2 heterocycles. The number of H-pyrrole nitrogens is 1. The first kappa shape index (κ1) is 25.3. The van der Waals surface area contributed by atoms with Crippen molar-refractivity contribution in [2.75, 3.05) is 26.6 Å². The van der Waals surface area contributed by atoms with Gasteiger partial charge in [0.2, 0.25) is 0 Å². The first-order valence-electron chi connectivity index (χ1n) is 12.3. The SMILES string of the molecule is CO/C=C(/CC(/C=C/OC)Cc1ncc(C(Nc2ccc3[nH]ncc3c2)C2=CCCCC2)cn1)OC. The van der Waals surface area contributed by atoms with E-state index in [1.807, 2.05) is 24.7 Å². The number of nitrogens with one attached hydrogen (secondary N) is 2. The number of hydrogen-bond donors (Lipinski definition) is 2. The van der Waals surface area contributed by atoms with Crippen molar-refractivity contribution in [3.8, 4) is 0 Å². The summed E-state index contributed by atoms with van der Waals surface area (Å²) in [5, 5.41) is 12.0. The molecule has 0 saturated heterocycles. The normalized spacial score (nSPS) is 16.0. The van der Waals surface area contributed by atoms with Crippen molar-refractivity contribution >= 4 is 16.6 Å². The zero-order valence-corrected chi connectivity index (χ0v) is 21.2. The summed E-state index contributed by atoms with van der Waals surface area (Å²) in [7, 11) is 4.89. The average molecular weight is 490 g/mol. The molecule has 8 nitrogen and oxygen atoms in total. The van der Waals surface area contributed by atoms with Crippen LogP contribution in [-0.4, -0.2) is 41.5 Å². The second kappa shape index (κ2) is 12.8. The number of allylic oxidation sites excluding steroid dienone is 3. The van der Waals surface area contributed by atoms with E-state index in [4.69, 9.17) is 24.2 Å². The highest BCUT2D eigenvalue weighted by Gasteiger charge is 2.20. The standard InChI is InChI=1S/C28H35N5O3/c1-34-12-11-20(13-25(36-3)19-35-2)14-27-29-16-23(17-30-27)28(21-7-5-4-6-8-21)32-24-9-10-26-22(15-24)18-31-33-26/h7,9-12,15-20,28,32H,4-6,8,13-14H2,1-3H3,(H,31,33)/b12-11+,25-19-. The van der Waals surface area contributed by atoms with Gasteiger partial charge in [-0.15, -0.1) is 0 Å². The van der Waals surface area contributed by atoms with Gasteiger partial charge in [-0.2, -0.15) is 5.10 Å². The number of aromatic nitrogens is 4. The number of fused-ring (bicyclic) bond motifs is 1. The Labute approximate surface area is 212 Å². The largest absolute Gasteiger partial charge is 0.505 e. The van der Waals surface area contributed by atoms with Crippen LogP contribution in [0.1, 0.15) is 49.5 Å². The number of methoxy groups -OCH3 is 3. The number of anilines is 1. The summed E-state index contributed by atoms with van der Waals surface area (Å²) in [4.78, 5) is 9.49. The van der Waals surface area contributed by atoms with Crippen molar-refractivity contribution in [3.63, 3.8) is 0 Å². The summed E-state index contributed by atoms with van der Waals surface area (Å²) < 4.78 is 15.7. The first-order chi connectivity index (χ1) is 17.7. The van der Waals surface area contributed by atoms with Crippen LogP contribution in [0.2, 0.25) is 0 Å². The summed E-state index contributed by atoms with van der Waals surface area (Å²) >= 11 is 0. The zero-order valence-electron chi connectivity index (χ0n) is 21.2. The predicted molar refractivity (Wildman–Crippen MR) is 141 cm³/mol. The van der Waals surface area contributed by atoms with E-state index < -0.39 is 0 Å². The third-order valence-electron chi connectivity index (χ3n) is 6.41. The molecule has 2 atom stereocenters. The van der Waals surface area contributed by atoms with E-state index in [-0.39, 0.29) is 12.0 Å². The van der Waals surface area contributed by atoms with E-state index in [1.165, 1.54) is 18.4 Å². The quantitative estimate of drug-likeness (QED) is 0.243. The van der Waals surface area contributed by atoms with Gasteiger partial charge in [0.1, 0.15) is 17.8 Å². The maximum atomic E-state index is 5.44. The van der Waals surface area contributed by atoms with Gasteiger partial charge in [0, 0.05) is 41.9 Å². The first-order valence-corrected chi connectivity index (χ1v) is 12.3. The van der Waals surface area contributed by atoms with Gasteiger partial charge in [-0.25, -0.2) is 9.97 Å². The van der Waals surface area contributed by atoms with Crippen molar-refractivity contribution < 1.29 is 14.2 Å². The lowest BCUT2D eigenvalue weighted by molar-refractivity contribution is 0.229. The Morgan fingerprint density at radius 1 is 1.11 bits per heavy atom. The fourth-order valence-electron chi connectivity index (χ4n) is 4.54. The molecule has 1 aromatic carbocycles. The summed E-state index contributed by atoms with van der Waals surface area (Å²) in [6.45, 7) is 0. The maximum absolute atomic E-state index is 5.44. The van der Waals surface area contributed by atoms with Crippen LogP contribution in [0.25, 0.3) is 10.9 Å². The van der Waals surface area contributed by atoms with E-state index in [0.29, 0.717) is 12.8 Å². The van der Waals surface area contributed by atoms with Crippen molar-refractivity contribution in [1.29, 1.82) is 0 Å². The Morgan fingerprint density at radius 2 is 1.97 bits per heavy atom. The second-order valence-electron chi connectivity index (χ2n) is 8.96. The van der Waals surface area contributed by atoms with Gasteiger partial charge in [0.25, 0.3) is 0 Å². The predicted octanol–water partition coefficient (Wildman–Crippen LogP) is 5.85. The third-order valence-corrected chi connectivity index (χ3v) is 6.41. The van der Waals surface area contributed by atoms with Gasteiger partial charge >= 0.3 is 0 Å². The number of hydrogen-bond acceptors (Lipinski definition) is 7. The fourth-order valence-corrected chi connectivity index (χ4v) is 4.54. The minimum atomic E-state index is 0.0256. The van der Waals surface area contributed by atoms with Crippen LogP contribution in [0.3, 0.4) is 0 Å². The van der Waals surface area contributed by atoms with Gasteiger partial charge in [-0.05, 0) is 61.4 Å². The van der Waals surface area contributed by atoms with Gasteiger partial charge in [0.15, 0.2) is 0 Å². The lowest BCUT2D eigenvalue weighted by Crippen LogP contribution is -2.16. The molecule has 3 aromatic rings. The van der Waals surface area contributed by atoms with E-state index in [2.05, 4.69) is 39.8 Å². The molecule has 0 amide bonds. The molecule has 0 spiro atoms. The molecule has 1 aliphatic carbocycles. The van der Waals surface area contributed by atoms with Crippen LogP contribution in [-0.2, 0) is 20.6 Å². The highest BCUT2D eigenvalue weighted by Crippen LogP contribution is 2.33. The van der Waals surface area contributed by atoms with Crippen LogP contribution in [0.15, 0.2) is 72.8 Å². The van der Waals surface area contributed by atoms with E-state index in [0.717, 1.165) is 46.6 Å². The Kier molecular flexibility index (Phi) is 8.97. The molecule has 0 bridgehead atoms. The minimum absolute atomic E-state index is 0.0256. The summed E-state index contributed by atoms with van der Waals surface area (Å²) in [6, 6.07) is 6.28. The number of ether oxygens (including phenoxy) is 3. The number of nitrogens with zero attached hydrogens (tertiary/aromatic N) is 3. The zero-order chi connectivity index (χ0) is 25.2. The van der Waals surface area contributed by atoms with Crippen molar-refractivity contribution in [1.82, 2.24) is 20.2 Å². The fraction of sp³-hybridized carbons (Fsp3) is 0.393. The Bertz CT molecular complexity index is 1200. The Morgan fingerprint density at radius 3 is 2.69 bits per heavy atom. The molecule has 8 heteroatoms. The van der Waals surface area contributed by atoms with Crippen LogP contribution < -0.4 is 5.32 Å². The van der Waals surface area contributed by atoms with Crippen molar-refractivity contribution in [3.05, 3.63) is 84.2 Å². The third kappa shape index (κ3) is 6.65. The molecule has 4 rings (SSSR count). The average Bonchev–Trinajstić information content (AvgIpc) is 3.39. The van der Waals surface area contributed by atoms with Crippen molar-refractivity contribution in [2.45, 2.75) is 44.6 Å².